The fraction of sp³-hybridized carbons (Fsp3) is 0.0385. The van der Waals surface area contributed by atoms with Crippen LogP contribution in [-0.2, 0) is 0 Å². The van der Waals surface area contributed by atoms with Gasteiger partial charge in [0.15, 0.2) is 5.78 Å². The Balaban J connectivity index is 1.77. The third kappa shape index (κ3) is 3.11. The highest BCUT2D eigenvalue weighted by Gasteiger charge is 2.23. The number of aromatic amines is 1. The van der Waals surface area contributed by atoms with E-state index >= 15 is 0 Å². The molecule has 0 unspecified atom stereocenters. The fourth-order valence-electron chi connectivity index (χ4n) is 4.03. The molecule has 0 fully saturated rings. The number of imidazole rings is 1. The Hall–Kier alpha value is -4.43. The highest BCUT2D eigenvalue weighted by atomic mass is 16.1. The number of nitriles is 1. The summed E-state index contributed by atoms with van der Waals surface area (Å²) in [7, 11) is 0. The number of hydrogen-bond acceptors (Lipinski definition) is 3. The van der Waals surface area contributed by atoms with Crippen LogP contribution in [0.3, 0.4) is 0 Å². The lowest BCUT2D eigenvalue weighted by molar-refractivity contribution is 0.103. The van der Waals surface area contributed by atoms with Gasteiger partial charge in [0, 0.05) is 23.0 Å². The van der Waals surface area contributed by atoms with Crippen LogP contribution in [0.1, 0.15) is 27.2 Å². The molecule has 0 spiro atoms. The van der Waals surface area contributed by atoms with Crippen molar-refractivity contribution in [1.29, 1.82) is 5.26 Å². The number of fused-ring (bicyclic) bond motifs is 1. The zero-order valence-electron chi connectivity index (χ0n) is 16.8. The average molecular weight is 402 g/mol. The summed E-state index contributed by atoms with van der Waals surface area (Å²) in [4.78, 5) is 20.9. The third-order valence-electron chi connectivity index (χ3n) is 5.58. The first-order valence-corrected chi connectivity index (χ1v) is 9.91. The Kier molecular flexibility index (Phi) is 4.46. The monoisotopic (exact) mass is 402 g/mol. The van der Waals surface area contributed by atoms with Crippen LogP contribution in [0, 0.1) is 18.3 Å². The number of benzene rings is 3. The van der Waals surface area contributed by atoms with E-state index in [0.29, 0.717) is 16.7 Å². The second-order valence-electron chi connectivity index (χ2n) is 7.36. The number of carbonyl (C=O) groups excluding carboxylic acids is 1. The van der Waals surface area contributed by atoms with Crippen molar-refractivity contribution >= 4 is 16.6 Å². The normalized spacial score (nSPS) is 10.8. The van der Waals surface area contributed by atoms with Crippen LogP contribution in [-0.4, -0.2) is 20.3 Å². The Bertz CT molecular complexity index is 1450. The van der Waals surface area contributed by atoms with Crippen molar-refractivity contribution in [3.05, 3.63) is 108 Å². The number of rotatable bonds is 4. The number of carbonyl (C=O) groups is 1. The molecule has 0 saturated carbocycles. The van der Waals surface area contributed by atoms with Gasteiger partial charge < -0.3 is 9.55 Å². The maximum absolute atomic E-state index is 13.7. The van der Waals surface area contributed by atoms with Crippen molar-refractivity contribution in [3.63, 3.8) is 0 Å². The summed E-state index contributed by atoms with van der Waals surface area (Å²) in [5.41, 5.74) is 4.38. The molecule has 5 rings (SSSR count). The van der Waals surface area contributed by atoms with Crippen LogP contribution in [0.5, 0.6) is 0 Å². The van der Waals surface area contributed by atoms with Gasteiger partial charge >= 0.3 is 0 Å². The third-order valence-corrected chi connectivity index (χ3v) is 5.58. The second-order valence-corrected chi connectivity index (χ2v) is 7.36. The largest absolute Gasteiger partial charge is 0.331 e. The van der Waals surface area contributed by atoms with Crippen molar-refractivity contribution in [3.8, 4) is 23.0 Å². The van der Waals surface area contributed by atoms with E-state index in [9.17, 15) is 4.79 Å². The number of ketones is 1. The first-order valence-electron chi connectivity index (χ1n) is 9.91. The SMILES string of the molecule is Cc1c(C(=O)c2ccc(C#N)cc2)c(-c2cccc3ccccc23)cn1-c1cnc[nH]1. The van der Waals surface area contributed by atoms with E-state index in [2.05, 4.69) is 34.2 Å². The van der Waals surface area contributed by atoms with Gasteiger partial charge in [-0.2, -0.15) is 5.26 Å². The first kappa shape index (κ1) is 18.6. The molecule has 5 nitrogen and oxygen atoms in total. The van der Waals surface area contributed by atoms with Crippen LogP contribution >= 0.6 is 0 Å². The van der Waals surface area contributed by atoms with E-state index in [-0.39, 0.29) is 5.78 Å². The Labute approximate surface area is 179 Å². The van der Waals surface area contributed by atoms with E-state index in [0.717, 1.165) is 33.4 Å². The van der Waals surface area contributed by atoms with Crippen LogP contribution in [0.25, 0.3) is 27.7 Å². The Morgan fingerprint density at radius 3 is 2.52 bits per heavy atom. The van der Waals surface area contributed by atoms with E-state index < -0.39 is 0 Å². The fourth-order valence-corrected chi connectivity index (χ4v) is 4.03. The molecule has 0 aliphatic rings. The molecule has 0 saturated heterocycles. The topological polar surface area (TPSA) is 74.5 Å². The molecule has 0 amide bonds. The minimum Gasteiger partial charge on any atom is -0.331 e. The molecule has 0 radical (unpaired) electrons. The summed E-state index contributed by atoms with van der Waals surface area (Å²) in [6.07, 6.45) is 5.34. The van der Waals surface area contributed by atoms with Crippen molar-refractivity contribution in [2.24, 2.45) is 0 Å². The summed E-state index contributed by atoms with van der Waals surface area (Å²) in [6, 6.07) is 23.1. The van der Waals surface area contributed by atoms with Gasteiger partial charge in [-0.3, -0.25) is 4.79 Å². The molecule has 3 aromatic carbocycles. The summed E-state index contributed by atoms with van der Waals surface area (Å²) in [5.74, 6) is 0.709. The lowest BCUT2D eigenvalue weighted by Gasteiger charge is -2.09. The minimum atomic E-state index is -0.0804. The number of aromatic nitrogens is 3. The lowest BCUT2D eigenvalue weighted by Crippen LogP contribution is -2.05. The molecule has 2 aromatic heterocycles. The molecular weight excluding hydrogens is 384 g/mol. The van der Waals surface area contributed by atoms with Gasteiger partial charge in [-0.25, -0.2) is 4.98 Å². The maximum atomic E-state index is 13.7. The van der Waals surface area contributed by atoms with Gasteiger partial charge in [0.25, 0.3) is 0 Å². The zero-order valence-corrected chi connectivity index (χ0v) is 16.8. The van der Waals surface area contributed by atoms with E-state index in [1.54, 1.807) is 36.8 Å². The molecular formula is C26H18N4O. The Morgan fingerprint density at radius 2 is 1.77 bits per heavy atom. The molecule has 0 bridgehead atoms. The van der Waals surface area contributed by atoms with Gasteiger partial charge in [0.05, 0.1) is 29.7 Å². The van der Waals surface area contributed by atoms with Crippen molar-refractivity contribution in [1.82, 2.24) is 14.5 Å². The molecule has 0 aliphatic carbocycles. The van der Waals surface area contributed by atoms with Gasteiger partial charge in [-0.1, -0.05) is 42.5 Å². The number of nitrogens with zero attached hydrogens (tertiary/aromatic N) is 3. The molecule has 0 aliphatic heterocycles. The van der Waals surface area contributed by atoms with E-state index in [1.165, 1.54) is 0 Å². The van der Waals surface area contributed by atoms with Gasteiger partial charge in [-0.15, -0.1) is 0 Å². The number of H-pyrrole nitrogens is 1. The molecule has 5 heteroatoms. The quantitative estimate of drug-likeness (QED) is 0.407. The molecule has 148 valence electrons. The molecule has 1 N–H and O–H groups in total. The number of hydrogen-bond donors (Lipinski definition) is 1. The standard InChI is InChI=1S/C26H18N4O/c1-17-25(26(31)20-11-9-18(13-27)10-12-20)23(15-30(17)24-14-28-16-29-24)22-8-4-6-19-5-2-3-7-21(19)22/h2-12,14-16H,1H3,(H,28,29). The molecule has 5 aromatic rings. The van der Waals surface area contributed by atoms with Gasteiger partial charge in [-0.05, 0) is 47.5 Å². The summed E-state index contributed by atoms with van der Waals surface area (Å²) >= 11 is 0. The van der Waals surface area contributed by atoms with Gasteiger partial charge in [0.2, 0.25) is 0 Å². The second kappa shape index (κ2) is 7.43. The zero-order chi connectivity index (χ0) is 21.4. The van der Waals surface area contributed by atoms with Crippen LogP contribution in [0.15, 0.2) is 85.5 Å². The average Bonchev–Trinajstić information content (AvgIpc) is 3.46. The predicted molar refractivity (Wildman–Crippen MR) is 120 cm³/mol. The summed E-state index contributed by atoms with van der Waals surface area (Å²) < 4.78 is 1.96. The molecule has 2 heterocycles. The number of nitrogens with one attached hydrogen (secondary N) is 1. The van der Waals surface area contributed by atoms with Crippen molar-refractivity contribution in [2.75, 3.05) is 0 Å². The minimum absolute atomic E-state index is 0.0804. The van der Waals surface area contributed by atoms with E-state index in [4.69, 9.17) is 5.26 Å². The summed E-state index contributed by atoms with van der Waals surface area (Å²) in [6.45, 7) is 1.94. The highest BCUT2D eigenvalue weighted by molar-refractivity contribution is 6.15. The van der Waals surface area contributed by atoms with Gasteiger partial charge in [0.1, 0.15) is 5.82 Å². The van der Waals surface area contributed by atoms with Crippen molar-refractivity contribution in [2.45, 2.75) is 6.92 Å². The van der Waals surface area contributed by atoms with Crippen molar-refractivity contribution < 1.29 is 4.79 Å². The predicted octanol–water partition coefficient (Wildman–Crippen LogP) is 5.43. The smallest absolute Gasteiger partial charge is 0.195 e. The Morgan fingerprint density at radius 1 is 1.00 bits per heavy atom. The maximum Gasteiger partial charge on any atom is 0.195 e. The highest BCUT2D eigenvalue weighted by Crippen LogP contribution is 2.35. The van der Waals surface area contributed by atoms with Crippen LogP contribution < -0.4 is 0 Å². The first-order chi connectivity index (χ1) is 15.2. The van der Waals surface area contributed by atoms with Crippen LogP contribution in [0.4, 0.5) is 0 Å². The van der Waals surface area contributed by atoms with Crippen LogP contribution in [0.2, 0.25) is 0 Å². The molecule has 0 atom stereocenters. The lowest BCUT2D eigenvalue weighted by atomic mass is 9.93. The summed E-state index contributed by atoms with van der Waals surface area (Å²) in [5, 5.41) is 11.3. The molecule has 31 heavy (non-hydrogen) atoms. The van der Waals surface area contributed by atoms with E-state index in [1.807, 2.05) is 42.0 Å².